The van der Waals surface area contributed by atoms with E-state index >= 15 is 0 Å². The van der Waals surface area contributed by atoms with Crippen LogP contribution in [0.5, 0.6) is 0 Å². The highest BCUT2D eigenvalue weighted by Gasteiger charge is 2.36. The predicted molar refractivity (Wildman–Crippen MR) is 68.6 cm³/mol. The molecular weight excluding hydrogens is 266 g/mol. The molecule has 0 amide bonds. The Morgan fingerprint density at radius 2 is 2.47 bits per heavy atom. The molecule has 0 aromatic carbocycles. The van der Waals surface area contributed by atoms with Crippen molar-refractivity contribution in [2.75, 3.05) is 0 Å². The summed E-state index contributed by atoms with van der Waals surface area (Å²) >= 11 is 1.52. The van der Waals surface area contributed by atoms with Gasteiger partial charge in [0.15, 0.2) is 5.82 Å². The van der Waals surface area contributed by atoms with Gasteiger partial charge in [-0.3, -0.25) is 10.1 Å². The number of aliphatic carboxylic acids is 1. The minimum Gasteiger partial charge on any atom is -0.480 e. The van der Waals surface area contributed by atoms with Crippen LogP contribution >= 0.6 is 11.3 Å². The molecule has 1 saturated carbocycles. The summed E-state index contributed by atoms with van der Waals surface area (Å²) in [7, 11) is 0. The van der Waals surface area contributed by atoms with E-state index in [9.17, 15) is 4.79 Å². The molecule has 0 saturated heterocycles. The Morgan fingerprint density at radius 3 is 3.11 bits per heavy atom. The van der Waals surface area contributed by atoms with Crippen molar-refractivity contribution in [3.05, 3.63) is 23.3 Å². The summed E-state index contributed by atoms with van der Waals surface area (Å²) in [5.74, 6) is 0.381. The molecule has 2 aromatic heterocycles. The molecule has 1 unspecified atom stereocenters. The molecule has 1 fully saturated rings. The molecule has 2 heterocycles. The molecule has 6 nitrogen and oxygen atoms in total. The minimum atomic E-state index is -0.815. The molecule has 100 valence electrons. The molecule has 1 aliphatic rings. The summed E-state index contributed by atoms with van der Waals surface area (Å²) in [4.78, 5) is 16.2. The van der Waals surface area contributed by atoms with Crippen molar-refractivity contribution in [2.24, 2.45) is 5.92 Å². The lowest BCUT2D eigenvalue weighted by Crippen LogP contribution is -2.38. The monoisotopic (exact) mass is 279 g/mol. The van der Waals surface area contributed by atoms with Gasteiger partial charge in [0.2, 0.25) is 0 Å². The Hall–Kier alpha value is -1.73. The predicted octanol–water partition coefficient (Wildman–Crippen LogP) is 1.75. The summed E-state index contributed by atoms with van der Waals surface area (Å²) in [5, 5.41) is 17.9. The van der Waals surface area contributed by atoms with Gasteiger partial charge in [-0.05, 0) is 30.2 Å². The fourth-order valence-corrected chi connectivity index (χ4v) is 2.56. The van der Waals surface area contributed by atoms with Crippen molar-refractivity contribution < 1.29 is 14.4 Å². The molecule has 0 radical (unpaired) electrons. The molecule has 1 atom stereocenters. The number of aromatic nitrogens is 2. The third kappa shape index (κ3) is 2.82. The fraction of sp³-hybridized carbons (Fsp3) is 0.417. The van der Waals surface area contributed by atoms with Crippen molar-refractivity contribution in [1.29, 1.82) is 0 Å². The third-order valence-corrected chi connectivity index (χ3v) is 3.90. The van der Waals surface area contributed by atoms with Gasteiger partial charge in [0.25, 0.3) is 5.89 Å². The zero-order chi connectivity index (χ0) is 13.2. The van der Waals surface area contributed by atoms with Crippen LogP contribution in [0.4, 0.5) is 0 Å². The van der Waals surface area contributed by atoms with Gasteiger partial charge < -0.3 is 9.63 Å². The highest BCUT2D eigenvalue weighted by molar-refractivity contribution is 7.13. The molecule has 0 spiro atoms. The van der Waals surface area contributed by atoms with Crippen LogP contribution in [0.25, 0.3) is 10.8 Å². The molecule has 0 bridgehead atoms. The van der Waals surface area contributed by atoms with E-state index < -0.39 is 12.0 Å². The topological polar surface area (TPSA) is 88.2 Å². The van der Waals surface area contributed by atoms with Crippen LogP contribution in [0.3, 0.4) is 0 Å². The van der Waals surface area contributed by atoms with Gasteiger partial charge in [0.05, 0.1) is 11.4 Å². The number of hydrogen-bond acceptors (Lipinski definition) is 6. The van der Waals surface area contributed by atoms with Gasteiger partial charge in [-0.1, -0.05) is 11.2 Å². The maximum Gasteiger partial charge on any atom is 0.320 e. The number of carbonyl (C=O) groups is 1. The van der Waals surface area contributed by atoms with E-state index in [0.717, 1.165) is 17.7 Å². The van der Waals surface area contributed by atoms with E-state index in [2.05, 4.69) is 15.5 Å². The molecule has 2 N–H and O–H groups in total. The second-order valence-electron chi connectivity index (χ2n) is 4.53. The van der Waals surface area contributed by atoms with Crippen LogP contribution in [0.1, 0.15) is 18.7 Å². The average Bonchev–Trinajstić information content (AvgIpc) is 2.92. The van der Waals surface area contributed by atoms with Gasteiger partial charge in [0, 0.05) is 0 Å². The molecule has 3 rings (SSSR count). The highest BCUT2D eigenvalue weighted by Crippen LogP contribution is 2.32. The molecule has 0 aliphatic heterocycles. The second kappa shape index (κ2) is 5.10. The Morgan fingerprint density at radius 1 is 1.63 bits per heavy atom. The SMILES string of the molecule is O=C(O)C(NCc1noc(-c2cccs2)n1)C1CC1. The van der Waals surface area contributed by atoms with Gasteiger partial charge in [-0.2, -0.15) is 4.98 Å². The maximum atomic E-state index is 11.1. The number of carboxylic acids is 1. The first kappa shape index (κ1) is 12.3. The van der Waals surface area contributed by atoms with Gasteiger partial charge in [0.1, 0.15) is 6.04 Å². The first-order chi connectivity index (χ1) is 9.24. The van der Waals surface area contributed by atoms with E-state index in [1.165, 1.54) is 11.3 Å². The number of thiophene rings is 1. The smallest absolute Gasteiger partial charge is 0.320 e. The van der Waals surface area contributed by atoms with Crippen LogP contribution in [-0.4, -0.2) is 27.3 Å². The molecule has 7 heteroatoms. The zero-order valence-electron chi connectivity index (χ0n) is 10.1. The fourth-order valence-electron chi connectivity index (χ4n) is 1.91. The largest absolute Gasteiger partial charge is 0.480 e. The van der Waals surface area contributed by atoms with Crippen LogP contribution in [-0.2, 0) is 11.3 Å². The minimum absolute atomic E-state index is 0.237. The van der Waals surface area contributed by atoms with Crippen molar-refractivity contribution in [2.45, 2.75) is 25.4 Å². The first-order valence-electron chi connectivity index (χ1n) is 6.06. The number of hydrogen-bond donors (Lipinski definition) is 2. The van der Waals surface area contributed by atoms with Gasteiger partial charge in [-0.25, -0.2) is 0 Å². The summed E-state index contributed by atoms with van der Waals surface area (Å²) in [5.41, 5.74) is 0. The van der Waals surface area contributed by atoms with Crippen molar-refractivity contribution in [3.63, 3.8) is 0 Å². The van der Waals surface area contributed by atoms with Crippen molar-refractivity contribution >= 4 is 17.3 Å². The van der Waals surface area contributed by atoms with Crippen LogP contribution < -0.4 is 5.32 Å². The standard InChI is InChI=1S/C12H13N3O3S/c16-12(17)10(7-3-4-7)13-6-9-14-11(18-15-9)8-2-1-5-19-8/h1-2,5,7,10,13H,3-4,6H2,(H,16,17). The first-order valence-corrected chi connectivity index (χ1v) is 6.94. The Kier molecular flexibility index (Phi) is 3.31. The van der Waals surface area contributed by atoms with Crippen LogP contribution in [0.15, 0.2) is 22.0 Å². The summed E-state index contributed by atoms with van der Waals surface area (Å²) in [6.07, 6.45) is 1.94. The number of nitrogens with one attached hydrogen (secondary N) is 1. The average molecular weight is 279 g/mol. The molecular formula is C12H13N3O3S. The number of nitrogens with zero attached hydrogens (tertiary/aromatic N) is 2. The van der Waals surface area contributed by atoms with E-state index in [1.807, 2.05) is 17.5 Å². The summed E-state index contributed by atoms with van der Waals surface area (Å²) < 4.78 is 5.14. The zero-order valence-corrected chi connectivity index (χ0v) is 10.9. The molecule has 19 heavy (non-hydrogen) atoms. The lowest BCUT2D eigenvalue weighted by molar-refractivity contribution is -0.140. The highest BCUT2D eigenvalue weighted by atomic mass is 32.1. The summed E-state index contributed by atoms with van der Waals surface area (Å²) in [6.45, 7) is 0.308. The van der Waals surface area contributed by atoms with E-state index in [4.69, 9.17) is 9.63 Å². The molecule has 1 aliphatic carbocycles. The lowest BCUT2D eigenvalue weighted by Gasteiger charge is -2.11. The Bertz CT molecular complexity index is 563. The van der Waals surface area contributed by atoms with E-state index in [0.29, 0.717) is 18.3 Å². The number of rotatable bonds is 6. The lowest BCUT2D eigenvalue weighted by atomic mass is 10.2. The number of carboxylic acid groups (broad SMARTS) is 1. The van der Waals surface area contributed by atoms with Crippen LogP contribution in [0.2, 0.25) is 0 Å². The third-order valence-electron chi connectivity index (χ3n) is 3.04. The Balaban J connectivity index is 1.62. The van der Waals surface area contributed by atoms with Crippen molar-refractivity contribution in [1.82, 2.24) is 15.5 Å². The van der Waals surface area contributed by atoms with Gasteiger partial charge in [-0.15, -0.1) is 11.3 Å². The second-order valence-corrected chi connectivity index (χ2v) is 5.47. The quantitative estimate of drug-likeness (QED) is 0.837. The van der Waals surface area contributed by atoms with E-state index in [-0.39, 0.29) is 5.92 Å². The maximum absolute atomic E-state index is 11.1. The van der Waals surface area contributed by atoms with Crippen molar-refractivity contribution in [3.8, 4) is 10.8 Å². The normalized spacial score (nSPS) is 16.4. The van der Waals surface area contributed by atoms with Gasteiger partial charge >= 0.3 is 5.97 Å². The summed E-state index contributed by atoms with van der Waals surface area (Å²) in [6, 6.07) is 3.30. The van der Waals surface area contributed by atoms with E-state index in [1.54, 1.807) is 0 Å². The molecule has 2 aromatic rings. The van der Waals surface area contributed by atoms with Crippen LogP contribution in [0, 0.1) is 5.92 Å². The Labute approximate surface area is 113 Å².